The number of carbonyl (C=O) groups is 2. The van der Waals surface area contributed by atoms with Crippen molar-refractivity contribution in [2.24, 2.45) is 5.92 Å². The Bertz CT molecular complexity index is 772. The SMILES string of the molecule is CCc1ccc2c(c1)oc(=O)n2C[C@H]1CCC(=O)NC1=O. The van der Waals surface area contributed by atoms with E-state index in [-0.39, 0.29) is 24.3 Å². The van der Waals surface area contributed by atoms with Gasteiger partial charge in [-0.1, -0.05) is 13.0 Å². The molecule has 0 unspecified atom stereocenters. The Labute approximate surface area is 120 Å². The number of hydrogen-bond donors (Lipinski definition) is 1. The summed E-state index contributed by atoms with van der Waals surface area (Å²) in [7, 11) is 0. The standard InChI is InChI=1S/C15H16N2O4/c1-2-9-3-5-11-12(7-9)21-15(20)17(11)8-10-4-6-13(18)16-14(10)19/h3,5,7,10H,2,4,6,8H2,1H3,(H,16,18,19)/t10-/m1/s1. The molecule has 1 aliphatic heterocycles. The highest BCUT2D eigenvalue weighted by molar-refractivity contribution is 5.98. The molecule has 1 fully saturated rings. The number of aryl methyl sites for hydroxylation is 1. The summed E-state index contributed by atoms with van der Waals surface area (Å²) < 4.78 is 6.72. The number of oxazole rings is 1. The number of amides is 2. The summed E-state index contributed by atoms with van der Waals surface area (Å²) in [5.74, 6) is -1.43. The van der Waals surface area contributed by atoms with Crippen molar-refractivity contribution in [3.63, 3.8) is 0 Å². The molecule has 6 heteroatoms. The van der Waals surface area contributed by atoms with E-state index in [2.05, 4.69) is 5.32 Å². The van der Waals surface area contributed by atoms with Gasteiger partial charge in [0, 0.05) is 13.0 Å². The number of carbonyl (C=O) groups excluding carboxylic acids is 2. The fraction of sp³-hybridized carbons (Fsp3) is 0.400. The fourth-order valence-electron chi connectivity index (χ4n) is 2.64. The van der Waals surface area contributed by atoms with E-state index >= 15 is 0 Å². The number of piperidine rings is 1. The molecular weight excluding hydrogens is 272 g/mol. The molecule has 1 aromatic heterocycles. The lowest BCUT2D eigenvalue weighted by molar-refractivity contribution is -0.136. The largest absolute Gasteiger partial charge is 0.419 e. The third-order valence-corrected chi connectivity index (χ3v) is 3.90. The second-order valence-electron chi connectivity index (χ2n) is 5.28. The van der Waals surface area contributed by atoms with E-state index in [4.69, 9.17) is 4.42 Å². The first kappa shape index (κ1) is 13.6. The first-order valence-corrected chi connectivity index (χ1v) is 7.04. The topological polar surface area (TPSA) is 81.3 Å². The Morgan fingerprint density at radius 1 is 1.33 bits per heavy atom. The molecule has 1 saturated heterocycles. The van der Waals surface area contributed by atoms with E-state index in [0.29, 0.717) is 23.9 Å². The van der Waals surface area contributed by atoms with Gasteiger partial charge in [-0.15, -0.1) is 0 Å². The van der Waals surface area contributed by atoms with Crippen molar-refractivity contribution in [1.82, 2.24) is 9.88 Å². The van der Waals surface area contributed by atoms with Crippen molar-refractivity contribution in [3.05, 3.63) is 34.3 Å². The molecule has 0 aliphatic carbocycles. The Balaban J connectivity index is 1.93. The van der Waals surface area contributed by atoms with Crippen molar-refractivity contribution >= 4 is 22.9 Å². The highest BCUT2D eigenvalue weighted by Gasteiger charge is 2.28. The van der Waals surface area contributed by atoms with Crippen LogP contribution in [0.5, 0.6) is 0 Å². The lowest BCUT2D eigenvalue weighted by Crippen LogP contribution is -2.42. The monoisotopic (exact) mass is 288 g/mol. The van der Waals surface area contributed by atoms with Crippen molar-refractivity contribution in [3.8, 4) is 0 Å². The van der Waals surface area contributed by atoms with E-state index in [1.807, 2.05) is 25.1 Å². The van der Waals surface area contributed by atoms with Crippen LogP contribution in [-0.2, 0) is 22.6 Å². The molecule has 21 heavy (non-hydrogen) atoms. The zero-order chi connectivity index (χ0) is 15.0. The first-order chi connectivity index (χ1) is 10.1. The number of hydrogen-bond acceptors (Lipinski definition) is 4. The van der Waals surface area contributed by atoms with Crippen LogP contribution in [0.2, 0.25) is 0 Å². The van der Waals surface area contributed by atoms with Gasteiger partial charge in [0.25, 0.3) is 0 Å². The Kier molecular flexibility index (Phi) is 3.37. The third kappa shape index (κ3) is 2.49. The summed E-state index contributed by atoms with van der Waals surface area (Å²) >= 11 is 0. The highest BCUT2D eigenvalue weighted by Crippen LogP contribution is 2.19. The van der Waals surface area contributed by atoms with Crippen molar-refractivity contribution in [2.45, 2.75) is 32.7 Å². The van der Waals surface area contributed by atoms with Gasteiger partial charge in [-0.05, 0) is 30.5 Å². The average Bonchev–Trinajstić information content (AvgIpc) is 2.77. The van der Waals surface area contributed by atoms with Crippen molar-refractivity contribution < 1.29 is 14.0 Å². The Morgan fingerprint density at radius 2 is 2.14 bits per heavy atom. The maximum Gasteiger partial charge on any atom is 0.419 e. The minimum atomic E-state index is -0.469. The summed E-state index contributed by atoms with van der Waals surface area (Å²) in [6, 6.07) is 5.63. The number of aromatic nitrogens is 1. The lowest BCUT2D eigenvalue weighted by atomic mass is 9.98. The number of rotatable bonds is 3. The van der Waals surface area contributed by atoms with Gasteiger partial charge >= 0.3 is 5.76 Å². The Morgan fingerprint density at radius 3 is 2.86 bits per heavy atom. The maximum atomic E-state index is 12.0. The summed E-state index contributed by atoms with van der Waals surface area (Å²) in [4.78, 5) is 34.9. The molecule has 110 valence electrons. The van der Waals surface area contributed by atoms with Crippen LogP contribution in [0.3, 0.4) is 0 Å². The molecule has 1 N–H and O–H groups in total. The van der Waals surface area contributed by atoms with Gasteiger partial charge in [-0.3, -0.25) is 19.5 Å². The summed E-state index contributed by atoms with van der Waals surface area (Å²) in [6.45, 7) is 2.26. The summed E-state index contributed by atoms with van der Waals surface area (Å²) in [5.41, 5.74) is 2.30. The normalized spacial score (nSPS) is 19.0. The van der Waals surface area contributed by atoms with Gasteiger partial charge in [0.1, 0.15) is 0 Å². The fourth-order valence-corrected chi connectivity index (χ4v) is 2.64. The number of nitrogens with one attached hydrogen (secondary N) is 1. The molecule has 1 aliphatic rings. The number of nitrogens with zero attached hydrogens (tertiary/aromatic N) is 1. The minimum absolute atomic E-state index is 0.233. The molecule has 1 atom stereocenters. The second kappa shape index (κ2) is 5.20. The quantitative estimate of drug-likeness (QED) is 0.861. The first-order valence-electron chi connectivity index (χ1n) is 7.04. The van der Waals surface area contributed by atoms with E-state index in [1.165, 1.54) is 4.57 Å². The van der Waals surface area contributed by atoms with Crippen molar-refractivity contribution in [2.75, 3.05) is 0 Å². The molecule has 2 heterocycles. The Hall–Kier alpha value is -2.37. The number of fused-ring (bicyclic) bond motifs is 1. The summed E-state index contributed by atoms with van der Waals surface area (Å²) in [5, 5.41) is 2.30. The molecular formula is C15H16N2O4. The van der Waals surface area contributed by atoms with Gasteiger partial charge in [-0.2, -0.15) is 0 Å². The van der Waals surface area contributed by atoms with E-state index in [0.717, 1.165) is 12.0 Å². The molecule has 0 radical (unpaired) electrons. The van der Waals surface area contributed by atoms with Gasteiger partial charge < -0.3 is 4.42 Å². The van der Waals surface area contributed by atoms with Gasteiger partial charge in [0.15, 0.2) is 5.58 Å². The predicted octanol–water partition coefficient (Wildman–Crippen LogP) is 1.21. The third-order valence-electron chi connectivity index (χ3n) is 3.90. The van der Waals surface area contributed by atoms with E-state index in [9.17, 15) is 14.4 Å². The number of imide groups is 1. The number of benzene rings is 1. The predicted molar refractivity (Wildman–Crippen MR) is 75.7 cm³/mol. The average molecular weight is 288 g/mol. The molecule has 2 amide bonds. The van der Waals surface area contributed by atoms with Crippen LogP contribution >= 0.6 is 0 Å². The summed E-state index contributed by atoms with van der Waals surface area (Å²) in [6.07, 6.45) is 1.62. The van der Waals surface area contributed by atoms with Crippen LogP contribution in [0.25, 0.3) is 11.1 Å². The zero-order valence-electron chi connectivity index (χ0n) is 11.7. The maximum absolute atomic E-state index is 12.0. The second-order valence-corrected chi connectivity index (χ2v) is 5.28. The van der Waals surface area contributed by atoms with Crippen LogP contribution in [0.4, 0.5) is 0 Å². The lowest BCUT2D eigenvalue weighted by Gasteiger charge is -2.20. The minimum Gasteiger partial charge on any atom is -0.408 e. The van der Waals surface area contributed by atoms with E-state index in [1.54, 1.807) is 0 Å². The van der Waals surface area contributed by atoms with Crippen molar-refractivity contribution in [1.29, 1.82) is 0 Å². The molecule has 6 nitrogen and oxygen atoms in total. The molecule has 2 aromatic rings. The van der Waals surface area contributed by atoms with Crippen LogP contribution in [0, 0.1) is 5.92 Å². The van der Waals surface area contributed by atoms with Crippen LogP contribution in [-0.4, -0.2) is 16.4 Å². The smallest absolute Gasteiger partial charge is 0.408 e. The highest BCUT2D eigenvalue weighted by atomic mass is 16.4. The van der Waals surface area contributed by atoms with Gasteiger partial charge in [-0.25, -0.2) is 4.79 Å². The molecule has 0 saturated carbocycles. The van der Waals surface area contributed by atoms with Gasteiger partial charge in [0.05, 0.1) is 11.4 Å². The molecule has 1 aromatic carbocycles. The molecule has 3 rings (SSSR count). The molecule has 0 bridgehead atoms. The van der Waals surface area contributed by atoms with Crippen LogP contribution < -0.4 is 11.1 Å². The zero-order valence-corrected chi connectivity index (χ0v) is 11.7. The van der Waals surface area contributed by atoms with Crippen LogP contribution in [0.15, 0.2) is 27.4 Å². The molecule has 0 spiro atoms. The van der Waals surface area contributed by atoms with Gasteiger partial charge in [0.2, 0.25) is 11.8 Å². The van der Waals surface area contributed by atoms with E-state index < -0.39 is 5.76 Å². The van der Waals surface area contributed by atoms with Crippen LogP contribution in [0.1, 0.15) is 25.3 Å².